The molecule has 0 saturated heterocycles. The highest BCUT2D eigenvalue weighted by Crippen LogP contribution is 2.27. The number of likely N-dealkylation sites (N-methyl/N-ethyl adjacent to an activating group) is 1. The van der Waals surface area contributed by atoms with Gasteiger partial charge >= 0.3 is 0 Å². The lowest BCUT2D eigenvalue weighted by Gasteiger charge is -2.37. The molecule has 1 aliphatic carbocycles. The summed E-state index contributed by atoms with van der Waals surface area (Å²) in [6.45, 7) is 7.43. The van der Waals surface area contributed by atoms with Gasteiger partial charge in [-0.3, -0.25) is 0 Å². The smallest absolute Gasteiger partial charge is 0.0743 e. The normalized spacial score (nSPS) is 22.6. The first-order valence-corrected chi connectivity index (χ1v) is 8.23. The van der Waals surface area contributed by atoms with E-state index < -0.39 is 0 Å². The average molecular weight is 290 g/mol. The average Bonchev–Trinajstić information content (AvgIpc) is 2.45. The van der Waals surface area contributed by atoms with E-state index in [1.54, 1.807) is 0 Å². The van der Waals surface area contributed by atoms with Gasteiger partial charge in [0.15, 0.2) is 0 Å². The molecule has 2 N–H and O–H groups in total. The van der Waals surface area contributed by atoms with Gasteiger partial charge in [-0.25, -0.2) is 0 Å². The molecule has 1 fully saturated rings. The summed E-state index contributed by atoms with van der Waals surface area (Å²) < 4.78 is 0. The lowest BCUT2D eigenvalue weighted by Crippen LogP contribution is -2.43. The maximum Gasteiger partial charge on any atom is 0.0743 e. The number of aryl methyl sites for hydroxylation is 1. The standard InChI is InChI=1S/C18H30N2O/c1-13(2)19-12-15-9-10-16(11-14(15)3)20(4)17-7-5-6-8-18(17)21/h9-11,13,17-19,21H,5-8,12H2,1-4H3. The first-order valence-electron chi connectivity index (χ1n) is 8.23. The molecule has 2 unspecified atom stereocenters. The van der Waals surface area contributed by atoms with Crippen molar-refractivity contribution in [2.24, 2.45) is 0 Å². The molecule has 0 amide bonds. The molecule has 21 heavy (non-hydrogen) atoms. The van der Waals surface area contributed by atoms with Crippen LogP contribution in [0.3, 0.4) is 0 Å². The second-order valence-electron chi connectivity index (χ2n) is 6.68. The highest BCUT2D eigenvalue weighted by atomic mass is 16.3. The molecule has 0 aromatic heterocycles. The van der Waals surface area contributed by atoms with Gasteiger partial charge in [0.1, 0.15) is 0 Å². The van der Waals surface area contributed by atoms with Crippen LogP contribution < -0.4 is 10.2 Å². The minimum absolute atomic E-state index is 0.189. The van der Waals surface area contributed by atoms with Gasteiger partial charge in [0.2, 0.25) is 0 Å². The van der Waals surface area contributed by atoms with Gasteiger partial charge < -0.3 is 15.3 Å². The van der Waals surface area contributed by atoms with Crippen LogP contribution in [-0.4, -0.2) is 30.3 Å². The van der Waals surface area contributed by atoms with Crippen LogP contribution >= 0.6 is 0 Å². The van der Waals surface area contributed by atoms with Gasteiger partial charge in [-0.2, -0.15) is 0 Å². The first kappa shape index (κ1) is 16.3. The minimum atomic E-state index is -0.189. The summed E-state index contributed by atoms with van der Waals surface area (Å²) in [5.74, 6) is 0. The SMILES string of the molecule is Cc1cc(N(C)C2CCCCC2O)ccc1CNC(C)C. The van der Waals surface area contributed by atoms with E-state index >= 15 is 0 Å². The van der Waals surface area contributed by atoms with Crippen LogP contribution in [0, 0.1) is 6.92 Å². The van der Waals surface area contributed by atoms with E-state index in [2.05, 4.69) is 56.2 Å². The van der Waals surface area contributed by atoms with E-state index in [4.69, 9.17) is 0 Å². The second-order valence-corrected chi connectivity index (χ2v) is 6.68. The van der Waals surface area contributed by atoms with Crippen LogP contribution in [-0.2, 0) is 6.54 Å². The molecule has 3 heteroatoms. The van der Waals surface area contributed by atoms with Crippen molar-refractivity contribution in [3.05, 3.63) is 29.3 Å². The van der Waals surface area contributed by atoms with Gasteiger partial charge in [-0.05, 0) is 43.0 Å². The number of hydrogen-bond donors (Lipinski definition) is 2. The Kier molecular flexibility index (Phi) is 5.65. The molecule has 0 heterocycles. The Morgan fingerprint density at radius 2 is 2.00 bits per heavy atom. The van der Waals surface area contributed by atoms with Gasteiger partial charge in [0.25, 0.3) is 0 Å². The zero-order valence-corrected chi connectivity index (χ0v) is 13.9. The van der Waals surface area contributed by atoms with Crippen LogP contribution in [0.25, 0.3) is 0 Å². The van der Waals surface area contributed by atoms with Crippen molar-refractivity contribution < 1.29 is 5.11 Å². The van der Waals surface area contributed by atoms with Crippen molar-refractivity contribution in [3.63, 3.8) is 0 Å². The Morgan fingerprint density at radius 1 is 1.29 bits per heavy atom. The molecule has 1 saturated carbocycles. The van der Waals surface area contributed by atoms with Gasteiger partial charge in [0, 0.05) is 25.3 Å². The van der Waals surface area contributed by atoms with Crippen LogP contribution in [0.5, 0.6) is 0 Å². The van der Waals surface area contributed by atoms with Crippen LogP contribution in [0.1, 0.15) is 50.7 Å². The molecule has 0 bridgehead atoms. The molecule has 0 spiro atoms. The molecule has 1 aromatic carbocycles. The molecule has 0 aliphatic heterocycles. The lowest BCUT2D eigenvalue weighted by molar-refractivity contribution is 0.106. The molecule has 0 radical (unpaired) electrons. The van der Waals surface area contributed by atoms with Crippen LogP contribution in [0.2, 0.25) is 0 Å². The third kappa shape index (κ3) is 4.21. The molecular weight excluding hydrogens is 260 g/mol. The largest absolute Gasteiger partial charge is 0.391 e. The number of anilines is 1. The highest BCUT2D eigenvalue weighted by molar-refractivity contribution is 5.51. The van der Waals surface area contributed by atoms with Crippen LogP contribution in [0.15, 0.2) is 18.2 Å². The highest BCUT2D eigenvalue weighted by Gasteiger charge is 2.26. The van der Waals surface area contributed by atoms with Crippen molar-refractivity contribution in [1.29, 1.82) is 0 Å². The van der Waals surface area contributed by atoms with E-state index in [0.717, 1.165) is 25.8 Å². The summed E-state index contributed by atoms with van der Waals surface area (Å²) in [7, 11) is 2.11. The molecule has 118 valence electrons. The monoisotopic (exact) mass is 290 g/mol. The van der Waals surface area contributed by atoms with Crippen molar-refractivity contribution in [2.45, 2.75) is 71.2 Å². The number of benzene rings is 1. The fourth-order valence-electron chi connectivity index (χ4n) is 3.15. The van der Waals surface area contributed by atoms with E-state index in [1.165, 1.54) is 23.2 Å². The zero-order valence-electron chi connectivity index (χ0n) is 13.9. The summed E-state index contributed by atoms with van der Waals surface area (Å²) >= 11 is 0. The predicted octanol–water partition coefficient (Wildman–Crippen LogP) is 3.23. The van der Waals surface area contributed by atoms with Crippen molar-refractivity contribution in [2.75, 3.05) is 11.9 Å². The quantitative estimate of drug-likeness (QED) is 0.874. The lowest BCUT2D eigenvalue weighted by atomic mass is 9.91. The Balaban J connectivity index is 2.07. The zero-order chi connectivity index (χ0) is 15.4. The number of nitrogens with one attached hydrogen (secondary N) is 1. The molecule has 2 rings (SSSR count). The molecular formula is C18H30N2O. The van der Waals surface area contributed by atoms with E-state index in [9.17, 15) is 5.11 Å². The van der Waals surface area contributed by atoms with Crippen LogP contribution in [0.4, 0.5) is 5.69 Å². The van der Waals surface area contributed by atoms with Gasteiger partial charge in [-0.15, -0.1) is 0 Å². The second kappa shape index (κ2) is 7.28. The number of nitrogens with zero attached hydrogens (tertiary/aromatic N) is 1. The third-order valence-electron chi connectivity index (χ3n) is 4.63. The summed E-state index contributed by atoms with van der Waals surface area (Å²) in [4.78, 5) is 2.26. The number of rotatable bonds is 5. The predicted molar refractivity (Wildman–Crippen MR) is 89.8 cm³/mol. The number of hydrogen-bond acceptors (Lipinski definition) is 3. The summed E-state index contributed by atoms with van der Waals surface area (Å²) in [6, 6.07) is 7.41. The summed E-state index contributed by atoms with van der Waals surface area (Å²) in [6.07, 6.45) is 4.22. The Morgan fingerprint density at radius 3 is 2.62 bits per heavy atom. The van der Waals surface area contributed by atoms with Crippen molar-refractivity contribution >= 4 is 5.69 Å². The molecule has 2 atom stereocenters. The number of aliphatic hydroxyl groups is 1. The van der Waals surface area contributed by atoms with Crippen molar-refractivity contribution in [3.8, 4) is 0 Å². The van der Waals surface area contributed by atoms with E-state index in [0.29, 0.717) is 6.04 Å². The third-order valence-corrected chi connectivity index (χ3v) is 4.63. The van der Waals surface area contributed by atoms with Gasteiger partial charge in [-0.1, -0.05) is 32.8 Å². The fraction of sp³-hybridized carbons (Fsp3) is 0.667. The van der Waals surface area contributed by atoms with Crippen molar-refractivity contribution in [1.82, 2.24) is 5.32 Å². The Hall–Kier alpha value is -1.06. The molecule has 3 nitrogen and oxygen atoms in total. The Bertz CT molecular complexity index is 459. The van der Waals surface area contributed by atoms with E-state index in [1.807, 2.05) is 0 Å². The summed E-state index contributed by atoms with van der Waals surface area (Å²) in [5, 5.41) is 13.7. The first-order chi connectivity index (χ1) is 9.99. The maximum atomic E-state index is 10.2. The summed E-state index contributed by atoms with van der Waals surface area (Å²) in [5.41, 5.74) is 3.88. The minimum Gasteiger partial charge on any atom is -0.391 e. The maximum absolute atomic E-state index is 10.2. The fourth-order valence-corrected chi connectivity index (χ4v) is 3.15. The number of aliphatic hydroxyl groups excluding tert-OH is 1. The topological polar surface area (TPSA) is 35.5 Å². The van der Waals surface area contributed by atoms with Gasteiger partial charge in [0.05, 0.1) is 12.1 Å². The molecule has 1 aromatic rings. The molecule has 1 aliphatic rings. The Labute approximate surface area is 129 Å². The van der Waals surface area contributed by atoms with E-state index in [-0.39, 0.29) is 12.1 Å².